The van der Waals surface area contributed by atoms with Crippen molar-refractivity contribution in [3.63, 3.8) is 0 Å². The van der Waals surface area contributed by atoms with E-state index in [0.29, 0.717) is 21.9 Å². The number of benzene rings is 3. The van der Waals surface area contributed by atoms with E-state index in [1.54, 1.807) is 54.6 Å². The van der Waals surface area contributed by atoms with E-state index in [2.05, 4.69) is 4.74 Å². The Labute approximate surface area is 191 Å². The molecule has 0 aliphatic carbocycles. The zero-order valence-corrected chi connectivity index (χ0v) is 18.6. The van der Waals surface area contributed by atoms with Gasteiger partial charge in [-0.05, 0) is 54.1 Å². The monoisotopic (exact) mass is 467 g/mol. The Kier molecular flexibility index (Phi) is 7.31. The van der Waals surface area contributed by atoms with Gasteiger partial charge in [-0.3, -0.25) is 0 Å². The number of para-hydroxylation sites is 1. The minimum atomic E-state index is -4.02. The topological polar surface area (TPSA) is 93.5 Å². The SMILES string of the molecule is COC(=O)c1ccc(COc2ccccc2/C=C(\C#N)S(=O)(=O)c2ccc(Cl)cc2)cc1. The second-order valence-electron chi connectivity index (χ2n) is 6.59. The van der Waals surface area contributed by atoms with Crippen molar-refractivity contribution in [1.82, 2.24) is 0 Å². The van der Waals surface area contributed by atoms with Crippen molar-refractivity contribution >= 4 is 33.5 Å². The van der Waals surface area contributed by atoms with Gasteiger partial charge in [-0.2, -0.15) is 5.26 Å². The normalized spacial score (nSPS) is 11.5. The fourth-order valence-corrected chi connectivity index (χ4v) is 4.08. The van der Waals surface area contributed by atoms with E-state index < -0.39 is 20.7 Å². The number of halogens is 1. The van der Waals surface area contributed by atoms with Crippen LogP contribution >= 0.6 is 11.6 Å². The number of carbonyl (C=O) groups excluding carboxylic acids is 1. The van der Waals surface area contributed by atoms with E-state index in [1.807, 2.05) is 0 Å². The van der Waals surface area contributed by atoms with Gasteiger partial charge in [-0.25, -0.2) is 13.2 Å². The summed E-state index contributed by atoms with van der Waals surface area (Å²) in [5, 5.41) is 9.92. The van der Waals surface area contributed by atoms with Crippen LogP contribution in [0.15, 0.2) is 82.6 Å². The highest BCUT2D eigenvalue weighted by atomic mass is 35.5. The third-order valence-corrected chi connectivity index (χ3v) is 6.43. The molecule has 6 nitrogen and oxygen atoms in total. The fraction of sp³-hybridized carbons (Fsp3) is 0.0833. The van der Waals surface area contributed by atoms with E-state index in [1.165, 1.54) is 37.5 Å². The van der Waals surface area contributed by atoms with Crippen LogP contribution in [0, 0.1) is 11.3 Å². The van der Waals surface area contributed by atoms with Crippen LogP contribution in [-0.4, -0.2) is 21.5 Å². The first-order valence-corrected chi connectivity index (χ1v) is 11.2. The summed E-state index contributed by atoms with van der Waals surface area (Å²) in [7, 11) is -2.71. The predicted molar refractivity (Wildman–Crippen MR) is 121 cm³/mol. The highest BCUT2D eigenvalue weighted by Gasteiger charge is 2.21. The highest BCUT2D eigenvalue weighted by Crippen LogP contribution is 2.27. The van der Waals surface area contributed by atoms with Crippen LogP contribution in [0.25, 0.3) is 6.08 Å². The Morgan fingerprint density at radius 2 is 1.69 bits per heavy atom. The second-order valence-corrected chi connectivity index (χ2v) is 8.95. The van der Waals surface area contributed by atoms with E-state index in [0.717, 1.165) is 5.56 Å². The van der Waals surface area contributed by atoms with Gasteiger partial charge in [0.1, 0.15) is 23.3 Å². The molecule has 0 amide bonds. The molecule has 0 spiro atoms. The summed E-state index contributed by atoms with van der Waals surface area (Å²) in [5.41, 5.74) is 1.66. The number of sulfone groups is 1. The van der Waals surface area contributed by atoms with Crippen LogP contribution in [0.5, 0.6) is 5.75 Å². The van der Waals surface area contributed by atoms with Gasteiger partial charge < -0.3 is 9.47 Å². The van der Waals surface area contributed by atoms with Gasteiger partial charge in [0.25, 0.3) is 0 Å². The third-order valence-electron chi connectivity index (χ3n) is 4.50. The minimum Gasteiger partial charge on any atom is -0.488 e. The van der Waals surface area contributed by atoms with E-state index in [9.17, 15) is 18.5 Å². The maximum Gasteiger partial charge on any atom is 0.337 e. The lowest BCUT2D eigenvalue weighted by Gasteiger charge is -2.10. The molecule has 0 aromatic heterocycles. The average Bonchev–Trinajstić information content (AvgIpc) is 2.81. The highest BCUT2D eigenvalue weighted by molar-refractivity contribution is 7.95. The lowest BCUT2D eigenvalue weighted by molar-refractivity contribution is 0.0600. The van der Waals surface area contributed by atoms with Gasteiger partial charge in [0, 0.05) is 10.6 Å². The molecule has 3 aromatic carbocycles. The number of hydrogen-bond acceptors (Lipinski definition) is 6. The number of ether oxygens (including phenoxy) is 2. The summed E-state index contributed by atoms with van der Waals surface area (Å²) < 4.78 is 36.3. The summed E-state index contributed by atoms with van der Waals surface area (Å²) in [5.74, 6) is -0.0255. The maximum absolute atomic E-state index is 12.9. The van der Waals surface area contributed by atoms with Gasteiger partial charge in [0.05, 0.1) is 17.6 Å². The van der Waals surface area contributed by atoms with Gasteiger partial charge in [-0.1, -0.05) is 41.9 Å². The lowest BCUT2D eigenvalue weighted by atomic mass is 10.1. The molecular weight excluding hydrogens is 450 g/mol. The summed E-state index contributed by atoms with van der Waals surface area (Å²) in [6, 6.07) is 20.9. The van der Waals surface area contributed by atoms with Gasteiger partial charge in [0.2, 0.25) is 9.84 Å². The minimum absolute atomic E-state index is 0.0289. The standard InChI is InChI=1S/C24H18ClNO5S/c1-30-24(27)18-8-6-17(7-9-18)16-31-23-5-3-2-4-19(23)14-22(15-26)32(28,29)21-12-10-20(25)11-13-21/h2-14H,16H2,1H3/b22-14+. The average molecular weight is 468 g/mol. The summed E-state index contributed by atoms with van der Waals surface area (Å²) in [6.45, 7) is 0.179. The second kappa shape index (κ2) is 10.1. The first-order chi connectivity index (χ1) is 15.3. The Hall–Kier alpha value is -3.60. The van der Waals surface area contributed by atoms with Crippen LogP contribution in [0.3, 0.4) is 0 Å². The zero-order valence-electron chi connectivity index (χ0n) is 17.0. The molecule has 0 saturated heterocycles. The van der Waals surface area contributed by atoms with E-state index >= 15 is 0 Å². The molecule has 0 fully saturated rings. The maximum atomic E-state index is 12.9. The van der Waals surface area contributed by atoms with Crippen LogP contribution in [-0.2, 0) is 21.2 Å². The summed E-state index contributed by atoms with van der Waals surface area (Å²) in [4.78, 5) is 11.1. The Bertz CT molecular complexity index is 1290. The van der Waals surface area contributed by atoms with Crippen molar-refractivity contribution in [2.75, 3.05) is 7.11 Å². The molecule has 3 rings (SSSR count). The molecule has 0 aliphatic heterocycles. The quantitative estimate of drug-likeness (QED) is 0.357. The molecule has 162 valence electrons. The summed E-state index contributed by atoms with van der Waals surface area (Å²) >= 11 is 5.83. The van der Waals surface area contributed by atoms with Crippen molar-refractivity contribution in [3.8, 4) is 11.8 Å². The zero-order chi connectivity index (χ0) is 23.1. The third kappa shape index (κ3) is 5.35. The predicted octanol–water partition coefficient (Wildman–Crippen LogP) is 5.04. The van der Waals surface area contributed by atoms with Crippen LogP contribution < -0.4 is 4.74 Å². The number of methoxy groups -OCH3 is 1. The molecule has 0 saturated carbocycles. The van der Waals surface area contributed by atoms with Crippen molar-refractivity contribution in [3.05, 3.63) is 99.4 Å². The largest absolute Gasteiger partial charge is 0.488 e. The lowest BCUT2D eigenvalue weighted by Crippen LogP contribution is -2.04. The molecule has 0 bridgehead atoms. The number of rotatable bonds is 7. The molecule has 0 radical (unpaired) electrons. The van der Waals surface area contributed by atoms with E-state index in [-0.39, 0.29) is 11.5 Å². The first kappa shape index (κ1) is 23.1. The number of hydrogen-bond donors (Lipinski definition) is 0. The smallest absolute Gasteiger partial charge is 0.337 e. The molecule has 0 unspecified atom stereocenters. The molecule has 0 heterocycles. The van der Waals surface area contributed by atoms with Crippen LogP contribution in [0.2, 0.25) is 5.02 Å². The number of carbonyl (C=O) groups is 1. The first-order valence-electron chi connectivity index (χ1n) is 9.36. The molecule has 3 aromatic rings. The van der Waals surface area contributed by atoms with Crippen molar-refractivity contribution in [2.45, 2.75) is 11.5 Å². The molecular formula is C24H18ClNO5S. The molecule has 0 aliphatic rings. The number of nitrogens with zero attached hydrogens (tertiary/aromatic N) is 1. The number of allylic oxidation sites excluding steroid dienone is 1. The van der Waals surface area contributed by atoms with Crippen LogP contribution in [0.1, 0.15) is 21.5 Å². The van der Waals surface area contributed by atoms with Crippen LogP contribution in [0.4, 0.5) is 0 Å². The van der Waals surface area contributed by atoms with E-state index in [4.69, 9.17) is 16.3 Å². The summed E-state index contributed by atoms with van der Waals surface area (Å²) in [6.07, 6.45) is 1.28. The van der Waals surface area contributed by atoms with Gasteiger partial charge in [-0.15, -0.1) is 0 Å². The Morgan fingerprint density at radius 3 is 2.31 bits per heavy atom. The molecule has 8 heteroatoms. The Morgan fingerprint density at radius 1 is 1.03 bits per heavy atom. The van der Waals surface area contributed by atoms with Gasteiger partial charge in [0.15, 0.2) is 0 Å². The molecule has 32 heavy (non-hydrogen) atoms. The molecule has 0 N–H and O–H groups in total. The molecule has 0 atom stereocenters. The Balaban J connectivity index is 1.85. The number of esters is 1. The van der Waals surface area contributed by atoms with Crippen molar-refractivity contribution in [2.24, 2.45) is 0 Å². The van der Waals surface area contributed by atoms with Crippen molar-refractivity contribution < 1.29 is 22.7 Å². The van der Waals surface area contributed by atoms with Crippen molar-refractivity contribution in [1.29, 1.82) is 5.26 Å². The fourth-order valence-electron chi connectivity index (χ4n) is 2.80. The number of nitriles is 1. The van der Waals surface area contributed by atoms with Gasteiger partial charge >= 0.3 is 5.97 Å².